The number of amides is 1. The molecule has 0 atom stereocenters. The first-order valence-corrected chi connectivity index (χ1v) is 10.5. The van der Waals surface area contributed by atoms with E-state index in [9.17, 15) is 4.79 Å². The maximum absolute atomic E-state index is 12.3. The van der Waals surface area contributed by atoms with Gasteiger partial charge in [-0.3, -0.25) is 9.79 Å². The third-order valence-corrected chi connectivity index (χ3v) is 5.50. The molecule has 6 heteroatoms. The molecule has 1 aliphatic heterocycles. The van der Waals surface area contributed by atoms with Gasteiger partial charge in [0.2, 0.25) is 5.91 Å². The number of carbonyl (C=O) groups excluding carboxylic acids is 1. The van der Waals surface area contributed by atoms with E-state index in [1.54, 1.807) is 0 Å². The zero-order chi connectivity index (χ0) is 20.1. The summed E-state index contributed by atoms with van der Waals surface area (Å²) in [6.07, 6.45) is 0.540. The van der Waals surface area contributed by atoms with Crippen LogP contribution >= 0.6 is 23.4 Å². The van der Waals surface area contributed by atoms with Gasteiger partial charge >= 0.3 is 0 Å². The van der Waals surface area contributed by atoms with Crippen LogP contribution in [0.25, 0.3) is 0 Å². The smallest absolute Gasteiger partial charge is 0.234 e. The van der Waals surface area contributed by atoms with Crippen molar-refractivity contribution >= 4 is 57.1 Å². The van der Waals surface area contributed by atoms with Crippen LogP contribution in [0.1, 0.15) is 12.0 Å². The van der Waals surface area contributed by atoms with E-state index in [0.29, 0.717) is 11.4 Å². The molecule has 4 nitrogen and oxygen atoms in total. The lowest BCUT2D eigenvalue weighted by Crippen LogP contribution is -2.16. The Morgan fingerprint density at radius 1 is 0.931 bits per heavy atom. The van der Waals surface area contributed by atoms with Crippen LogP contribution in [0.5, 0.6) is 0 Å². The van der Waals surface area contributed by atoms with Crippen molar-refractivity contribution in [3.63, 3.8) is 0 Å². The highest BCUT2D eigenvalue weighted by molar-refractivity contribution is 8.14. The minimum atomic E-state index is -0.0670. The van der Waals surface area contributed by atoms with Gasteiger partial charge < -0.3 is 5.32 Å². The number of thioether (sulfide) groups is 1. The predicted molar refractivity (Wildman–Crippen MR) is 123 cm³/mol. The van der Waals surface area contributed by atoms with Gasteiger partial charge in [-0.25, -0.2) is 4.99 Å². The molecule has 0 aromatic heterocycles. The number of benzene rings is 3. The van der Waals surface area contributed by atoms with Crippen LogP contribution in [-0.2, 0) is 4.79 Å². The number of halogens is 1. The van der Waals surface area contributed by atoms with E-state index in [1.807, 2.05) is 78.9 Å². The average molecular weight is 420 g/mol. The molecule has 29 heavy (non-hydrogen) atoms. The van der Waals surface area contributed by atoms with Crippen molar-refractivity contribution in [1.82, 2.24) is 0 Å². The first kappa shape index (κ1) is 19.4. The fourth-order valence-electron chi connectivity index (χ4n) is 2.94. The van der Waals surface area contributed by atoms with Gasteiger partial charge in [0, 0.05) is 17.1 Å². The molecule has 144 valence electrons. The van der Waals surface area contributed by atoms with Gasteiger partial charge in [0.25, 0.3) is 0 Å². The Hall–Kier alpha value is -2.89. The van der Waals surface area contributed by atoms with Gasteiger partial charge in [-0.05, 0) is 42.0 Å². The standard InChI is InChI=1S/C23H18ClN3OS/c24-17-8-6-7-16(13-17)21-14-23(27-20-12-5-4-11-19(20)26-21)29-15-22(28)25-18-9-2-1-3-10-18/h1-13H,14-15H2,(H,25,28). The number of anilines is 1. The van der Waals surface area contributed by atoms with E-state index in [-0.39, 0.29) is 11.7 Å². The highest BCUT2D eigenvalue weighted by atomic mass is 35.5. The number of nitrogens with zero attached hydrogens (tertiary/aromatic N) is 2. The highest BCUT2D eigenvalue weighted by Gasteiger charge is 2.17. The Morgan fingerprint density at radius 2 is 1.66 bits per heavy atom. The molecule has 1 aliphatic rings. The van der Waals surface area contributed by atoms with Crippen LogP contribution < -0.4 is 5.32 Å². The average Bonchev–Trinajstić information content (AvgIpc) is 2.92. The SMILES string of the molecule is O=C(CSC1=Nc2ccccc2N=C(c2cccc(Cl)c2)C1)Nc1ccccc1. The fraction of sp³-hybridized carbons (Fsp3) is 0.0870. The molecule has 0 unspecified atom stereocenters. The maximum Gasteiger partial charge on any atom is 0.234 e. The van der Waals surface area contributed by atoms with Gasteiger partial charge in [0.05, 0.1) is 27.9 Å². The minimum Gasteiger partial charge on any atom is -0.325 e. The molecule has 0 saturated heterocycles. The van der Waals surface area contributed by atoms with Crippen LogP contribution in [-0.4, -0.2) is 22.4 Å². The van der Waals surface area contributed by atoms with Crippen LogP contribution in [0.3, 0.4) is 0 Å². The zero-order valence-corrected chi connectivity index (χ0v) is 17.1. The normalized spacial score (nSPS) is 13.0. The molecule has 0 spiro atoms. The van der Waals surface area contributed by atoms with E-state index >= 15 is 0 Å². The fourth-order valence-corrected chi connectivity index (χ4v) is 3.90. The summed E-state index contributed by atoms with van der Waals surface area (Å²) in [4.78, 5) is 21.9. The molecule has 1 heterocycles. The maximum atomic E-state index is 12.3. The summed E-state index contributed by atoms with van der Waals surface area (Å²) in [5, 5.41) is 4.41. The Kier molecular flexibility index (Phi) is 6.08. The molecule has 3 aromatic carbocycles. The third-order valence-electron chi connectivity index (χ3n) is 4.29. The summed E-state index contributed by atoms with van der Waals surface area (Å²) in [6.45, 7) is 0. The van der Waals surface area contributed by atoms with Crippen LogP contribution in [0.2, 0.25) is 5.02 Å². The Bertz CT molecular complexity index is 1100. The number of nitrogens with one attached hydrogen (secondary N) is 1. The molecule has 4 rings (SSSR count). The van der Waals surface area contributed by atoms with Crippen molar-refractivity contribution < 1.29 is 4.79 Å². The monoisotopic (exact) mass is 419 g/mol. The molecule has 0 fully saturated rings. The van der Waals surface area contributed by atoms with E-state index in [2.05, 4.69) is 5.32 Å². The second kappa shape index (κ2) is 9.07. The summed E-state index contributed by atoms with van der Waals surface area (Å²) in [5.74, 6) is 0.210. The molecular weight excluding hydrogens is 402 g/mol. The van der Waals surface area contributed by atoms with Crippen molar-refractivity contribution in [2.45, 2.75) is 6.42 Å². The number of hydrogen-bond donors (Lipinski definition) is 1. The Balaban J connectivity index is 1.54. The van der Waals surface area contributed by atoms with Gasteiger partial charge in [0.15, 0.2) is 0 Å². The number of fused-ring (bicyclic) bond motifs is 1. The molecule has 1 N–H and O–H groups in total. The number of aliphatic imine (C=N–C) groups is 2. The molecule has 0 saturated carbocycles. The summed E-state index contributed by atoms with van der Waals surface area (Å²) >= 11 is 7.61. The van der Waals surface area contributed by atoms with E-state index in [1.165, 1.54) is 11.8 Å². The van der Waals surface area contributed by atoms with Gasteiger partial charge in [-0.2, -0.15) is 0 Å². The lowest BCUT2D eigenvalue weighted by Gasteiger charge is -2.08. The van der Waals surface area contributed by atoms with Crippen molar-refractivity contribution in [2.24, 2.45) is 9.98 Å². The minimum absolute atomic E-state index is 0.0670. The van der Waals surface area contributed by atoms with E-state index < -0.39 is 0 Å². The molecular formula is C23H18ClN3OS. The summed E-state index contributed by atoms with van der Waals surface area (Å²) in [6, 6.07) is 24.8. The van der Waals surface area contributed by atoms with Gasteiger partial charge in [0.1, 0.15) is 0 Å². The third kappa shape index (κ3) is 5.13. The summed E-state index contributed by atoms with van der Waals surface area (Å²) in [5.41, 5.74) is 4.23. The van der Waals surface area contributed by atoms with Crippen LogP contribution in [0.15, 0.2) is 88.8 Å². The van der Waals surface area contributed by atoms with Crippen molar-refractivity contribution in [3.05, 3.63) is 89.4 Å². The van der Waals surface area contributed by atoms with Gasteiger partial charge in [-0.1, -0.05) is 54.1 Å². The quantitative estimate of drug-likeness (QED) is 0.542. The predicted octanol–water partition coefficient (Wildman–Crippen LogP) is 6.27. The molecule has 3 aromatic rings. The lowest BCUT2D eigenvalue weighted by atomic mass is 10.1. The first-order chi connectivity index (χ1) is 14.2. The second-order valence-electron chi connectivity index (χ2n) is 6.44. The summed E-state index contributed by atoms with van der Waals surface area (Å²) in [7, 11) is 0. The van der Waals surface area contributed by atoms with Crippen LogP contribution in [0.4, 0.5) is 17.1 Å². The highest BCUT2D eigenvalue weighted by Crippen LogP contribution is 2.33. The molecule has 0 bridgehead atoms. The molecule has 0 radical (unpaired) electrons. The Labute approximate surface area is 178 Å². The zero-order valence-electron chi connectivity index (χ0n) is 15.5. The summed E-state index contributed by atoms with van der Waals surface area (Å²) < 4.78 is 0. The van der Waals surface area contributed by atoms with Crippen LogP contribution in [0, 0.1) is 0 Å². The number of hydrogen-bond acceptors (Lipinski definition) is 4. The topological polar surface area (TPSA) is 53.8 Å². The number of para-hydroxylation sites is 3. The molecule has 1 amide bonds. The number of carbonyl (C=O) groups is 1. The van der Waals surface area contributed by atoms with Crippen molar-refractivity contribution in [1.29, 1.82) is 0 Å². The Morgan fingerprint density at radius 3 is 2.41 bits per heavy atom. The van der Waals surface area contributed by atoms with Crippen molar-refractivity contribution in [2.75, 3.05) is 11.1 Å². The van der Waals surface area contributed by atoms with E-state index in [4.69, 9.17) is 21.6 Å². The second-order valence-corrected chi connectivity index (χ2v) is 7.93. The van der Waals surface area contributed by atoms with E-state index in [0.717, 1.165) is 33.4 Å². The number of rotatable bonds is 4. The van der Waals surface area contributed by atoms with Gasteiger partial charge in [-0.15, -0.1) is 11.8 Å². The molecule has 0 aliphatic carbocycles. The lowest BCUT2D eigenvalue weighted by molar-refractivity contribution is -0.113. The largest absolute Gasteiger partial charge is 0.325 e. The first-order valence-electron chi connectivity index (χ1n) is 9.15. The van der Waals surface area contributed by atoms with Crippen molar-refractivity contribution in [3.8, 4) is 0 Å².